The number of phenolic OH excluding ortho intramolecular Hbond substituents is 2. The third-order valence-electron chi connectivity index (χ3n) is 6.52. The van der Waals surface area contributed by atoms with Gasteiger partial charge in [-0.25, -0.2) is 0 Å². The molecule has 2 aliphatic carbocycles. The monoisotopic (exact) mass is 500 g/mol. The first kappa shape index (κ1) is 24.8. The van der Waals surface area contributed by atoms with E-state index in [0.29, 0.717) is 20.9 Å². The second-order valence-electron chi connectivity index (χ2n) is 9.14. The van der Waals surface area contributed by atoms with E-state index < -0.39 is 0 Å². The average Bonchev–Trinajstić information content (AvgIpc) is 2.85. The lowest BCUT2D eigenvalue weighted by Gasteiger charge is -2.23. The molecule has 0 radical (unpaired) electrons. The molecule has 0 saturated heterocycles. The van der Waals surface area contributed by atoms with Crippen molar-refractivity contribution in [3.05, 3.63) is 47.5 Å². The SMILES string of the molecule is O=C(NC1CCCCC1)c1cc(O)ccc1SSc1ccc(O)cc1C(=O)NC1CCCCC1. The Balaban J connectivity index is 1.47. The molecular formula is C26H32N2O4S2. The highest BCUT2D eigenvalue weighted by Crippen LogP contribution is 2.42. The largest absolute Gasteiger partial charge is 0.508 e. The van der Waals surface area contributed by atoms with Gasteiger partial charge in [-0.05, 0) is 62.1 Å². The van der Waals surface area contributed by atoms with Gasteiger partial charge in [0.2, 0.25) is 0 Å². The molecule has 2 aliphatic rings. The van der Waals surface area contributed by atoms with Crippen LogP contribution in [0.1, 0.15) is 84.9 Å². The molecule has 34 heavy (non-hydrogen) atoms. The van der Waals surface area contributed by atoms with Gasteiger partial charge in [0, 0.05) is 21.9 Å². The zero-order chi connectivity index (χ0) is 23.9. The van der Waals surface area contributed by atoms with E-state index in [1.165, 1.54) is 46.6 Å². The van der Waals surface area contributed by atoms with E-state index in [1.54, 1.807) is 24.3 Å². The molecule has 2 aromatic carbocycles. The summed E-state index contributed by atoms with van der Waals surface area (Å²) in [7, 11) is 2.73. The van der Waals surface area contributed by atoms with E-state index >= 15 is 0 Å². The van der Waals surface area contributed by atoms with Gasteiger partial charge in [0.15, 0.2) is 0 Å². The Morgan fingerprint density at radius 1 is 0.647 bits per heavy atom. The number of nitrogens with one attached hydrogen (secondary N) is 2. The molecule has 182 valence electrons. The van der Waals surface area contributed by atoms with E-state index in [0.717, 1.165) is 51.4 Å². The minimum Gasteiger partial charge on any atom is -0.508 e. The lowest BCUT2D eigenvalue weighted by Crippen LogP contribution is -2.36. The molecular weight excluding hydrogens is 468 g/mol. The van der Waals surface area contributed by atoms with Crippen LogP contribution in [0.2, 0.25) is 0 Å². The van der Waals surface area contributed by atoms with Gasteiger partial charge in [-0.2, -0.15) is 0 Å². The average molecular weight is 501 g/mol. The number of aromatic hydroxyl groups is 2. The second kappa shape index (κ2) is 11.9. The van der Waals surface area contributed by atoms with Crippen LogP contribution in [0.15, 0.2) is 46.2 Å². The lowest BCUT2D eigenvalue weighted by molar-refractivity contribution is 0.0916. The first-order valence-electron chi connectivity index (χ1n) is 12.1. The third-order valence-corrected chi connectivity index (χ3v) is 9.00. The molecule has 6 nitrogen and oxygen atoms in total. The number of amides is 2. The Kier molecular flexibility index (Phi) is 8.67. The van der Waals surface area contributed by atoms with E-state index in [4.69, 9.17) is 0 Å². The Bertz CT molecular complexity index is 936. The molecule has 0 spiro atoms. The summed E-state index contributed by atoms with van der Waals surface area (Å²) in [6, 6.07) is 9.91. The summed E-state index contributed by atoms with van der Waals surface area (Å²) in [5, 5.41) is 26.2. The smallest absolute Gasteiger partial charge is 0.252 e. The van der Waals surface area contributed by atoms with Gasteiger partial charge >= 0.3 is 0 Å². The zero-order valence-electron chi connectivity index (χ0n) is 19.2. The molecule has 2 aromatic rings. The fraction of sp³-hybridized carbons (Fsp3) is 0.462. The minimum atomic E-state index is -0.188. The lowest BCUT2D eigenvalue weighted by atomic mass is 9.95. The summed E-state index contributed by atoms with van der Waals surface area (Å²) in [5.74, 6) is -0.292. The van der Waals surface area contributed by atoms with Crippen molar-refractivity contribution in [3.8, 4) is 11.5 Å². The molecule has 2 saturated carbocycles. The maximum Gasteiger partial charge on any atom is 0.252 e. The molecule has 4 N–H and O–H groups in total. The van der Waals surface area contributed by atoms with Gasteiger partial charge in [-0.3, -0.25) is 9.59 Å². The van der Waals surface area contributed by atoms with Crippen LogP contribution in [0, 0.1) is 0 Å². The molecule has 0 aromatic heterocycles. The molecule has 2 fully saturated rings. The van der Waals surface area contributed by atoms with E-state index in [1.807, 2.05) is 0 Å². The van der Waals surface area contributed by atoms with Crippen molar-refractivity contribution >= 4 is 33.4 Å². The summed E-state index contributed by atoms with van der Waals surface area (Å²) < 4.78 is 0. The van der Waals surface area contributed by atoms with E-state index in [-0.39, 0.29) is 35.4 Å². The van der Waals surface area contributed by atoms with Crippen LogP contribution in [0.25, 0.3) is 0 Å². The Morgan fingerprint density at radius 2 is 1.03 bits per heavy atom. The van der Waals surface area contributed by atoms with Crippen LogP contribution < -0.4 is 10.6 Å². The van der Waals surface area contributed by atoms with Crippen molar-refractivity contribution in [2.45, 2.75) is 86.1 Å². The molecule has 2 amide bonds. The highest BCUT2D eigenvalue weighted by Gasteiger charge is 2.22. The molecule has 0 aliphatic heterocycles. The van der Waals surface area contributed by atoms with Crippen molar-refractivity contribution in [3.63, 3.8) is 0 Å². The Labute approximate surface area is 208 Å². The van der Waals surface area contributed by atoms with E-state index in [2.05, 4.69) is 10.6 Å². The third kappa shape index (κ3) is 6.63. The number of rotatable bonds is 7. The molecule has 4 rings (SSSR count). The maximum absolute atomic E-state index is 13.0. The topological polar surface area (TPSA) is 98.7 Å². The summed E-state index contributed by atoms with van der Waals surface area (Å²) in [4.78, 5) is 27.4. The highest BCUT2D eigenvalue weighted by atomic mass is 33.1. The number of benzene rings is 2. The standard InChI is InChI=1S/C26H32N2O4S2/c29-19-11-13-23(21(15-19)25(31)27-17-7-3-1-4-8-17)33-34-24-14-12-20(30)16-22(24)26(32)28-18-9-5-2-6-10-18/h11-18,29-30H,1-10H2,(H,27,31)(H,28,32). The molecule has 0 bridgehead atoms. The number of carbonyl (C=O) groups excluding carboxylic acids is 2. The van der Waals surface area contributed by atoms with Crippen molar-refractivity contribution in [1.29, 1.82) is 0 Å². The molecule has 0 unspecified atom stereocenters. The highest BCUT2D eigenvalue weighted by molar-refractivity contribution is 8.76. The van der Waals surface area contributed by atoms with Crippen molar-refractivity contribution in [2.75, 3.05) is 0 Å². The first-order chi connectivity index (χ1) is 16.5. The minimum absolute atomic E-state index is 0.0420. The maximum atomic E-state index is 13.0. The van der Waals surface area contributed by atoms with Crippen LogP contribution in [0.4, 0.5) is 0 Å². The van der Waals surface area contributed by atoms with Gasteiger partial charge in [-0.1, -0.05) is 60.1 Å². The molecule has 8 heteroatoms. The Hall–Kier alpha value is -2.32. The van der Waals surface area contributed by atoms with Gasteiger partial charge < -0.3 is 20.8 Å². The summed E-state index contributed by atoms with van der Waals surface area (Å²) in [5.41, 5.74) is 0.852. The van der Waals surface area contributed by atoms with Gasteiger partial charge in [0.05, 0.1) is 11.1 Å². The van der Waals surface area contributed by atoms with Gasteiger partial charge in [0.25, 0.3) is 11.8 Å². The quantitative estimate of drug-likeness (QED) is 0.347. The van der Waals surface area contributed by atoms with Crippen LogP contribution in [-0.2, 0) is 0 Å². The van der Waals surface area contributed by atoms with Gasteiger partial charge in [0.1, 0.15) is 11.5 Å². The van der Waals surface area contributed by atoms with Crippen molar-refractivity contribution in [2.24, 2.45) is 0 Å². The molecule has 0 heterocycles. The predicted molar refractivity (Wildman–Crippen MR) is 137 cm³/mol. The van der Waals surface area contributed by atoms with Gasteiger partial charge in [-0.15, -0.1) is 0 Å². The van der Waals surface area contributed by atoms with Crippen LogP contribution in [-0.4, -0.2) is 34.1 Å². The Morgan fingerprint density at radius 3 is 1.41 bits per heavy atom. The van der Waals surface area contributed by atoms with Crippen LogP contribution in [0.3, 0.4) is 0 Å². The number of hydrogen-bond donors (Lipinski definition) is 4. The number of hydrogen-bond acceptors (Lipinski definition) is 6. The van der Waals surface area contributed by atoms with Crippen molar-refractivity contribution in [1.82, 2.24) is 10.6 Å². The normalized spacial score (nSPS) is 17.3. The van der Waals surface area contributed by atoms with Crippen LogP contribution >= 0.6 is 21.6 Å². The van der Waals surface area contributed by atoms with Crippen molar-refractivity contribution < 1.29 is 19.8 Å². The van der Waals surface area contributed by atoms with E-state index in [9.17, 15) is 19.8 Å². The number of carbonyl (C=O) groups is 2. The summed E-state index contributed by atoms with van der Waals surface area (Å²) >= 11 is 0. The zero-order valence-corrected chi connectivity index (χ0v) is 20.9. The summed E-state index contributed by atoms with van der Waals surface area (Å²) in [6.07, 6.45) is 10.8. The summed E-state index contributed by atoms with van der Waals surface area (Å²) in [6.45, 7) is 0. The number of phenols is 2. The fourth-order valence-electron chi connectivity index (χ4n) is 4.65. The first-order valence-corrected chi connectivity index (χ1v) is 14.3. The fourth-order valence-corrected chi connectivity index (χ4v) is 6.97. The van der Waals surface area contributed by atoms with Crippen LogP contribution in [0.5, 0.6) is 11.5 Å². The second-order valence-corrected chi connectivity index (χ2v) is 11.4. The predicted octanol–water partition coefficient (Wildman–Crippen LogP) is 6.02. The molecule has 0 atom stereocenters.